The van der Waals surface area contributed by atoms with Crippen molar-refractivity contribution in [3.63, 3.8) is 0 Å². The molecule has 0 aliphatic heterocycles. The van der Waals surface area contributed by atoms with Gasteiger partial charge >= 0.3 is 0 Å². The Bertz CT molecular complexity index is 617. The predicted octanol–water partition coefficient (Wildman–Crippen LogP) is 3.08. The summed E-state index contributed by atoms with van der Waals surface area (Å²) < 4.78 is 10.8. The number of benzene rings is 2. The molecule has 0 aliphatic carbocycles. The van der Waals surface area contributed by atoms with Gasteiger partial charge in [0.05, 0.1) is 24.9 Å². The van der Waals surface area contributed by atoms with E-state index in [0.29, 0.717) is 18.7 Å². The summed E-state index contributed by atoms with van der Waals surface area (Å²) in [6.45, 7) is 1.24. The molecule has 2 rings (SSSR count). The maximum atomic E-state index is 9.10. The first kappa shape index (κ1) is 14.7. The summed E-state index contributed by atoms with van der Waals surface area (Å²) in [6, 6.07) is 17.2. The van der Waals surface area contributed by atoms with Crippen LogP contribution < -0.4 is 14.4 Å². The zero-order valence-corrected chi connectivity index (χ0v) is 12.2. The number of methoxy groups -OCH3 is 1. The van der Waals surface area contributed by atoms with E-state index in [0.717, 1.165) is 17.2 Å². The number of hydrogen-bond donors (Lipinski definition) is 0. The van der Waals surface area contributed by atoms with Crippen LogP contribution in [0.15, 0.2) is 48.5 Å². The number of para-hydroxylation sites is 1. The highest BCUT2D eigenvalue weighted by Gasteiger charge is 2.06. The molecule has 0 saturated heterocycles. The van der Waals surface area contributed by atoms with Crippen LogP contribution in [0.25, 0.3) is 0 Å². The molecule has 2 aromatic carbocycles. The minimum atomic E-state index is 0.544. The fourth-order valence-electron chi connectivity index (χ4n) is 1.99. The van der Waals surface area contributed by atoms with E-state index in [9.17, 15) is 0 Å². The predicted molar refractivity (Wildman–Crippen MR) is 82.9 cm³/mol. The summed E-state index contributed by atoms with van der Waals surface area (Å²) in [7, 11) is 3.59. The van der Waals surface area contributed by atoms with Crippen molar-refractivity contribution in [2.45, 2.75) is 0 Å². The summed E-state index contributed by atoms with van der Waals surface area (Å²) in [5.74, 6) is 1.61. The molecular formula is C17H18N2O2. The molecule has 0 fully saturated rings. The molecule has 0 aromatic heterocycles. The van der Waals surface area contributed by atoms with E-state index >= 15 is 0 Å². The Kier molecular flexibility index (Phi) is 5.05. The highest BCUT2D eigenvalue weighted by Crippen LogP contribution is 2.19. The zero-order valence-electron chi connectivity index (χ0n) is 12.2. The van der Waals surface area contributed by atoms with Crippen LogP contribution in [0.5, 0.6) is 11.5 Å². The highest BCUT2D eigenvalue weighted by atomic mass is 16.5. The molecule has 4 nitrogen and oxygen atoms in total. The van der Waals surface area contributed by atoms with Crippen molar-refractivity contribution in [1.82, 2.24) is 0 Å². The first-order valence-corrected chi connectivity index (χ1v) is 6.71. The lowest BCUT2D eigenvalue weighted by Crippen LogP contribution is -2.24. The zero-order chi connectivity index (χ0) is 15.1. The van der Waals surface area contributed by atoms with E-state index < -0.39 is 0 Å². The van der Waals surface area contributed by atoms with Crippen LogP contribution in [0, 0.1) is 11.3 Å². The van der Waals surface area contributed by atoms with Crippen molar-refractivity contribution >= 4 is 5.69 Å². The average molecular weight is 282 g/mol. The SMILES string of the molecule is COc1ccc(OCCN(C)c2ccccc2C#N)cc1. The van der Waals surface area contributed by atoms with Gasteiger partial charge in [-0.1, -0.05) is 12.1 Å². The van der Waals surface area contributed by atoms with Crippen molar-refractivity contribution in [1.29, 1.82) is 5.26 Å². The molecule has 0 heterocycles. The quantitative estimate of drug-likeness (QED) is 0.816. The Morgan fingerprint density at radius 2 is 1.71 bits per heavy atom. The van der Waals surface area contributed by atoms with E-state index in [1.54, 1.807) is 7.11 Å². The van der Waals surface area contributed by atoms with Crippen LogP contribution in [0.1, 0.15) is 5.56 Å². The van der Waals surface area contributed by atoms with Crippen molar-refractivity contribution in [3.8, 4) is 17.6 Å². The van der Waals surface area contributed by atoms with Gasteiger partial charge in [0.1, 0.15) is 24.2 Å². The summed E-state index contributed by atoms with van der Waals surface area (Å²) in [6.07, 6.45) is 0. The molecule has 0 atom stereocenters. The second-order valence-corrected chi connectivity index (χ2v) is 4.57. The molecule has 0 saturated carbocycles. The van der Waals surface area contributed by atoms with Gasteiger partial charge in [0.25, 0.3) is 0 Å². The number of likely N-dealkylation sites (N-methyl/N-ethyl adjacent to an activating group) is 1. The second-order valence-electron chi connectivity index (χ2n) is 4.57. The average Bonchev–Trinajstić information content (AvgIpc) is 2.55. The van der Waals surface area contributed by atoms with Gasteiger partial charge in [-0.3, -0.25) is 0 Å². The van der Waals surface area contributed by atoms with Crippen LogP contribution in [0.3, 0.4) is 0 Å². The molecule has 0 radical (unpaired) electrons. The molecule has 4 heteroatoms. The summed E-state index contributed by atoms with van der Waals surface area (Å²) >= 11 is 0. The second kappa shape index (κ2) is 7.20. The standard InChI is InChI=1S/C17H18N2O2/c1-19(17-6-4-3-5-14(17)13-18)11-12-21-16-9-7-15(20-2)8-10-16/h3-10H,11-12H2,1-2H3. The number of rotatable bonds is 6. The van der Waals surface area contributed by atoms with Gasteiger partial charge in [-0.15, -0.1) is 0 Å². The number of ether oxygens (including phenoxy) is 2. The first-order chi connectivity index (χ1) is 10.2. The van der Waals surface area contributed by atoms with Crippen molar-refractivity contribution < 1.29 is 9.47 Å². The third kappa shape index (κ3) is 3.90. The minimum Gasteiger partial charge on any atom is -0.497 e. The Morgan fingerprint density at radius 1 is 1.05 bits per heavy atom. The Hall–Kier alpha value is -2.67. The minimum absolute atomic E-state index is 0.544. The van der Waals surface area contributed by atoms with Crippen molar-refractivity contribution in [2.24, 2.45) is 0 Å². The third-order valence-corrected chi connectivity index (χ3v) is 3.19. The maximum Gasteiger partial charge on any atom is 0.119 e. The molecule has 0 bridgehead atoms. The lowest BCUT2D eigenvalue weighted by atomic mass is 10.2. The van der Waals surface area contributed by atoms with Gasteiger partial charge in [-0.25, -0.2) is 0 Å². The Labute approximate surface area is 125 Å². The fraction of sp³-hybridized carbons (Fsp3) is 0.235. The third-order valence-electron chi connectivity index (χ3n) is 3.19. The van der Waals surface area contributed by atoms with Gasteiger partial charge in [0.2, 0.25) is 0 Å². The summed E-state index contributed by atoms with van der Waals surface area (Å²) in [5, 5.41) is 9.10. The van der Waals surface area contributed by atoms with Crippen LogP contribution in [0.4, 0.5) is 5.69 Å². The van der Waals surface area contributed by atoms with Crippen LogP contribution in [0.2, 0.25) is 0 Å². The van der Waals surface area contributed by atoms with Gasteiger partial charge < -0.3 is 14.4 Å². The Morgan fingerprint density at radius 3 is 2.38 bits per heavy atom. The van der Waals surface area contributed by atoms with E-state index in [1.165, 1.54) is 0 Å². The molecule has 0 aliphatic rings. The molecule has 0 unspecified atom stereocenters. The van der Waals surface area contributed by atoms with Crippen LogP contribution in [-0.2, 0) is 0 Å². The molecule has 21 heavy (non-hydrogen) atoms. The molecule has 2 aromatic rings. The molecule has 108 valence electrons. The smallest absolute Gasteiger partial charge is 0.119 e. The topological polar surface area (TPSA) is 45.5 Å². The van der Waals surface area contributed by atoms with Crippen molar-refractivity contribution in [2.75, 3.05) is 32.2 Å². The number of nitriles is 1. The number of hydrogen-bond acceptors (Lipinski definition) is 4. The number of nitrogens with zero attached hydrogens (tertiary/aromatic N) is 2. The largest absolute Gasteiger partial charge is 0.497 e. The first-order valence-electron chi connectivity index (χ1n) is 6.71. The lowest BCUT2D eigenvalue weighted by molar-refractivity contribution is 0.325. The van der Waals surface area contributed by atoms with Gasteiger partial charge in [0.15, 0.2) is 0 Å². The molecular weight excluding hydrogens is 264 g/mol. The fourth-order valence-corrected chi connectivity index (χ4v) is 1.99. The van der Waals surface area contributed by atoms with E-state index in [1.807, 2.05) is 60.5 Å². The monoisotopic (exact) mass is 282 g/mol. The highest BCUT2D eigenvalue weighted by molar-refractivity contribution is 5.58. The van der Waals surface area contributed by atoms with Gasteiger partial charge in [-0.2, -0.15) is 5.26 Å². The van der Waals surface area contributed by atoms with Crippen molar-refractivity contribution in [3.05, 3.63) is 54.1 Å². The summed E-state index contributed by atoms with van der Waals surface area (Å²) in [5.41, 5.74) is 1.59. The Balaban J connectivity index is 1.89. The van der Waals surface area contributed by atoms with E-state index in [4.69, 9.17) is 14.7 Å². The maximum absolute atomic E-state index is 9.10. The molecule has 0 N–H and O–H groups in total. The summed E-state index contributed by atoms with van der Waals surface area (Å²) in [4.78, 5) is 2.02. The molecule has 0 spiro atoms. The van der Waals surface area contributed by atoms with E-state index in [2.05, 4.69) is 6.07 Å². The number of anilines is 1. The van der Waals surface area contributed by atoms with Gasteiger partial charge in [-0.05, 0) is 36.4 Å². The molecule has 0 amide bonds. The van der Waals surface area contributed by atoms with Crippen LogP contribution in [-0.4, -0.2) is 27.3 Å². The van der Waals surface area contributed by atoms with E-state index in [-0.39, 0.29) is 0 Å². The lowest BCUT2D eigenvalue weighted by Gasteiger charge is -2.20. The normalized spacial score (nSPS) is 9.76. The van der Waals surface area contributed by atoms with Crippen LogP contribution >= 0.6 is 0 Å². The van der Waals surface area contributed by atoms with Gasteiger partial charge in [0, 0.05) is 7.05 Å².